The molecule has 0 aliphatic heterocycles. The molecule has 1 aromatic rings. The molecule has 2 nitrogen and oxygen atoms in total. The number of phenols is 1. The number of hydrogen-bond donors (Lipinski definition) is 1. The topological polar surface area (TPSA) is 37.3 Å². The lowest BCUT2D eigenvalue weighted by Gasteiger charge is -2.21. The highest BCUT2D eigenvalue weighted by Crippen LogP contribution is 2.30. The maximum Gasteiger partial charge on any atom is 0.140 e. The van der Waals surface area contributed by atoms with Crippen LogP contribution in [0.15, 0.2) is 18.2 Å². The van der Waals surface area contributed by atoms with E-state index in [0.29, 0.717) is 6.42 Å². The van der Waals surface area contributed by atoms with Gasteiger partial charge in [-0.1, -0.05) is 26.8 Å². The van der Waals surface area contributed by atoms with E-state index in [0.717, 1.165) is 11.1 Å². The Hall–Kier alpha value is -1.31. The minimum absolute atomic E-state index is 0.0504. The molecule has 0 aliphatic rings. The van der Waals surface area contributed by atoms with Crippen LogP contribution >= 0.6 is 0 Å². The second-order valence-electron chi connectivity index (χ2n) is 4.58. The minimum Gasteiger partial charge on any atom is -0.508 e. The van der Waals surface area contributed by atoms with Gasteiger partial charge in [-0.3, -0.25) is 4.79 Å². The number of hydrogen-bond acceptors (Lipinski definition) is 2. The summed E-state index contributed by atoms with van der Waals surface area (Å²) in [6, 6.07) is 5.23. The summed E-state index contributed by atoms with van der Waals surface area (Å²) in [4.78, 5) is 11.9. The summed E-state index contributed by atoms with van der Waals surface area (Å²) in [7, 11) is 0. The normalized spacial score (nSPS) is 12.8. The molecule has 0 saturated carbocycles. The number of ketones is 1. The zero-order valence-electron chi connectivity index (χ0n) is 10.4. The van der Waals surface area contributed by atoms with Crippen molar-refractivity contribution in [2.45, 2.75) is 40.0 Å². The van der Waals surface area contributed by atoms with E-state index in [1.165, 1.54) is 0 Å². The lowest BCUT2D eigenvalue weighted by molar-refractivity contribution is -0.121. The Labute approximate surface area is 97.3 Å². The van der Waals surface area contributed by atoms with Crippen LogP contribution in [0.25, 0.3) is 0 Å². The molecule has 16 heavy (non-hydrogen) atoms. The fraction of sp³-hybridized carbons (Fsp3) is 0.500. The Morgan fingerprint density at radius 1 is 1.38 bits per heavy atom. The number of phenolic OH excluding ortho intramolecular Hbond substituents is 1. The highest BCUT2D eigenvalue weighted by molar-refractivity contribution is 5.86. The molecule has 0 bridgehead atoms. The number of rotatable bonds is 4. The second-order valence-corrected chi connectivity index (χ2v) is 4.58. The largest absolute Gasteiger partial charge is 0.508 e. The Balaban J connectivity index is 3.16. The van der Waals surface area contributed by atoms with E-state index >= 15 is 0 Å². The summed E-state index contributed by atoms with van der Waals surface area (Å²) in [5.41, 5.74) is 2.03. The number of aryl methyl sites for hydroxylation is 1. The van der Waals surface area contributed by atoms with Crippen LogP contribution in [0.4, 0.5) is 0 Å². The predicted octanol–water partition coefficient (Wildman–Crippen LogP) is 3.42. The van der Waals surface area contributed by atoms with Crippen LogP contribution in [0.3, 0.4) is 0 Å². The van der Waals surface area contributed by atoms with Gasteiger partial charge >= 0.3 is 0 Å². The van der Waals surface area contributed by atoms with Crippen molar-refractivity contribution >= 4 is 5.78 Å². The molecule has 0 aromatic heterocycles. The average Bonchev–Trinajstić information content (AvgIpc) is 2.21. The number of benzene rings is 1. The van der Waals surface area contributed by atoms with Gasteiger partial charge in [-0.15, -0.1) is 0 Å². The number of carbonyl (C=O) groups is 1. The number of Topliss-reactive ketones (excluding diaryl/α,β-unsaturated/α-hetero) is 1. The van der Waals surface area contributed by atoms with Crippen molar-refractivity contribution in [2.75, 3.05) is 0 Å². The van der Waals surface area contributed by atoms with E-state index in [1.54, 1.807) is 12.1 Å². The van der Waals surface area contributed by atoms with E-state index in [1.807, 2.05) is 19.9 Å². The van der Waals surface area contributed by atoms with Crippen LogP contribution < -0.4 is 0 Å². The maximum absolute atomic E-state index is 11.9. The molecule has 0 spiro atoms. The Bertz CT molecular complexity index is 380. The molecule has 0 heterocycles. The molecule has 0 aliphatic carbocycles. The van der Waals surface area contributed by atoms with Gasteiger partial charge in [-0.25, -0.2) is 0 Å². The van der Waals surface area contributed by atoms with Gasteiger partial charge in [-0.2, -0.15) is 0 Å². The van der Waals surface area contributed by atoms with Gasteiger partial charge in [0.1, 0.15) is 11.5 Å². The van der Waals surface area contributed by atoms with Crippen molar-refractivity contribution in [3.63, 3.8) is 0 Å². The standard InChI is InChI=1S/C14H20O2/c1-5-13(16)14(9(2)3)12-7-6-11(15)8-10(12)4/h6-9,14-15H,5H2,1-4H3. The zero-order chi connectivity index (χ0) is 12.3. The molecule has 88 valence electrons. The van der Waals surface area contributed by atoms with Crippen molar-refractivity contribution in [3.8, 4) is 5.75 Å². The molecular formula is C14H20O2. The molecule has 0 amide bonds. The molecular weight excluding hydrogens is 200 g/mol. The Morgan fingerprint density at radius 2 is 2.00 bits per heavy atom. The van der Waals surface area contributed by atoms with Crippen LogP contribution in [0.2, 0.25) is 0 Å². The van der Waals surface area contributed by atoms with E-state index in [2.05, 4.69) is 13.8 Å². The van der Waals surface area contributed by atoms with Crippen LogP contribution in [0, 0.1) is 12.8 Å². The quantitative estimate of drug-likeness (QED) is 0.844. The third-order valence-electron chi connectivity index (χ3n) is 2.95. The molecule has 0 saturated heterocycles. The summed E-state index contributed by atoms with van der Waals surface area (Å²) in [6.07, 6.45) is 0.559. The first-order chi connectivity index (χ1) is 7.47. The molecule has 1 aromatic carbocycles. The fourth-order valence-electron chi connectivity index (χ4n) is 2.13. The summed E-state index contributed by atoms with van der Waals surface area (Å²) < 4.78 is 0. The number of aromatic hydroxyl groups is 1. The maximum atomic E-state index is 11.9. The zero-order valence-corrected chi connectivity index (χ0v) is 10.4. The highest BCUT2D eigenvalue weighted by atomic mass is 16.3. The van der Waals surface area contributed by atoms with Crippen molar-refractivity contribution in [2.24, 2.45) is 5.92 Å². The van der Waals surface area contributed by atoms with Gasteiger partial charge in [0.15, 0.2) is 0 Å². The Kier molecular flexibility index (Phi) is 4.11. The molecule has 0 fully saturated rings. The van der Waals surface area contributed by atoms with Gasteiger partial charge < -0.3 is 5.11 Å². The lowest BCUT2D eigenvalue weighted by atomic mass is 9.82. The summed E-state index contributed by atoms with van der Waals surface area (Å²) in [5, 5.41) is 9.37. The van der Waals surface area contributed by atoms with Crippen molar-refractivity contribution in [1.82, 2.24) is 0 Å². The summed E-state index contributed by atoms with van der Waals surface area (Å²) in [5.74, 6) is 0.762. The summed E-state index contributed by atoms with van der Waals surface area (Å²) >= 11 is 0. The van der Waals surface area contributed by atoms with E-state index in [9.17, 15) is 9.90 Å². The third kappa shape index (κ3) is 2.63. The van der Waals surface area contributed by atoms with E-state index in [-0.39, 0.29) is 23.4 Å². The van der Waals surface area contributed by atoms with Crippen molar-refractivity contribution in [3.05, 3.63) is 29.3 Å². The van der Waals surface area contributed by atoms with Gasteiger partial charge in [-0.05, 0) is 36.1 Å². The third-order valence-corrected chi connectivity index (χ3v) is 2.95. The minimum atomic E-state index is -0.0504. The van der Waals surface area contributed by atoms with Crippen LogP contribution in [-0.4, -0.2) is 10.9 Å². The molecule has 0 radical (unpaired) electrons. The van der Waals surface area contributed by atoms with Gasteiger partial charge in [0.25, 0.3) is 0 Å². The van der Waals surface area contributed by atoms with Gasteiger partial charge in [0.05, 0.1) is 0 Å². The van der Waals surface area contributed by atoms with Crippen LogP contribution in [0.1, 0.15) is 44.2 Å². The van der Waals surface area contributed by atoms with Crippen molar-refractivity contribution < 1.29 is 9.90 Å². The Morgan fingerprint density at radius 3 is 2.44 bits per heavy atom. The first-order valence-electron chi connectivity index (χ1n) is 5.79. The molecule has 2 heteroatoms. The van der Waals surface area contributed by atoms with Gasteiger partial charge in [0.2, 0.25) is 0 Å². The first kappa shape index (κ1) is 12.8. The summed E-state index contributed by atoms with van der Waals surface area (Å²) in [6.45, 7) is 7.95. The molecule has 1 rings (SSSR count). The van der Waals surface area contributed by atoms with Gasteiger partial charge in [0, 0.05) is 12.3 Å². The van der Waals surface area contributed by atoms with Crippen LogP contribution in [-0.2, 0) is 4.79 Å². The smallest absolute Gasteiger partial charge is 0.140 e. The SMILES string of the molecule is CCC(=O)C(c1ccc(O)cc1C)C(C)C. The number of carbonyl (C=O) groups excluding carboxylic acids is 1. The second kappa shape index (κ2) is 5.15. The van der Waals surface area contributed by atoms with Crippen molar-refractivity contribution in [1.29, 1.82) is 0 Å². The fourth-order valence-corrected chi connectivity index (χ4v) is 2.13. The predicted molar refractivity (Wildman–Crippen MR) is 65.7 cm³/mol. The van der Waals surface area contributed by atoms with Crippen LogP contribution in [0.5, 0.6) is 5.75 Å². The van der Waals surface area contributed by atoms with E-state index < -0.39 is 0 Å². The molecule has 1 unspecified atom stereocenters. The molecule has 1 N–H and O–H groups in total. The highest BCUT2D eigenvalue weighted by Gasteiger charge is 2.23. The molecule has 1 atom stereocenters. The lowest BCUT2D eigenvalue weighted by Crippen LogP contribution is -2.18. The van der Waals surface area contributed by atoms with E-state index in [4.69, 9.17) is 0 Å². The first-order valence-corrected chi connectivity index (χ1v) is 5.79. The monoisotopic (exact) mass is 220 g/mol. The average molecular weight is 220 g/mol.